The van der Waals surface area contributed by atoms with Crippen molar-refractivity contribution in [3.05, 3.63) is 59.5 Å². The number of nitrogens with one attached hydrogen (secondary N) is 1. The van der Waals surface area contributed by atoms with Gasteiger partial charge in [0.2, 0.25) is 5.88 Å². The Hall–Kier alpha value is -1.94. The first kappa shape index (κ1) is 13.5. The van der Waals surface area contributed by atoms with E-state index in [0.29, 0.717) is 5.88 Å². The third-order valence-corrected chi connectivity index (χ3v) is 2.82. The highest BCUT2D eigenvalue weighted by atomic mass is 19.1. The molecule has 3 nitrogen and oxygen atoms in total. The van der Waals surface area contributed by atoms with Crippen LogP contribution < -0.4 is 10.1 Å². The second-order valence-corrected chi connectivity index (χ2v) is 4.27. The molecule has 0 atom stereocenters. The van der Waals surface area contributed by atoms with E-state index in [1.54, 1.807) is 25.4 Å². The van der Waals surface area contributed by atoms with Crippen molar-refractivity contribution in [3.8, 4) is 5.88 Å². The molecule has 0 aliphatic carbocycles. The van der Waals surface area contributed by atoms with E-state index in [2.05, 4.69) is 10.3 Å². The molecular formula is C15H17FN2O. The molecule has 4 heteroatoms. The summed E-state index contributed by atoms with van der Waals surface area (Å²) in [6, 6.07) is 10.5. The minimum atomic E-state index is -0.183. The summed E-state index contributed by atoms with van der Waals surface area (Å²) in [5.74, 6) is 0.431. The van der Waals surface area contributed by atoms with E-state index in [-0.39, 0.29) is 5.82 Å². The largest absolute Gasteiger partial charge is 0.481 e. The second kappa shape index (κ2) is 6.85. The van der Waals surface area contributed by atoms with Crippen LogP contribution in [-0.4, -0.2) is 18.6 Å². The van der Waals surface area contributed by atoms with Gasteiger partial charge in [-0.25, -0.2) is 9.37 Å². The topological polar surface area (TPSA) is 34.1 Å². The summed E-state index contributed by atoms with van der Waals surface area (Å²) in [6.07, 6.45) is 2.59. The van der Waals surface area contributed by atoms with Crippen molar-refractivity contribution >= 4 is 0 Å². The number of aromatic nitrogens is 1. The molecule has 0 fully saturated rings. The predicted molar refractivity (Wildman–Crippen MR) is 72.6 cm³/mol. The van der Waals surface area contributed by atoms with Crippen LogP contribution in [0.1, 0.15) is 11.1 Å². The van der Waals surface area contributed by atoms with Crippen molar-refractivity contribution in [2.45, 2.75) is 13.0 Å². The normalized spacial score (nSPS) is 10.4. The van der Waals surface area contributed by atoms with Gasteiger partial charge in [0.05, 0.1) is 7.11 Å². The predicted octanol–water partition coefficient (Wildman–Crippen LogP) is 2.56. The molecule has 0 saturated heterocycles. The van der Waals surface area contributed by atoms with Crippen LogP contribution in [0.15, 0.2) is 42.6 Å². The van der Waals surface area contributed by atoms with Crippen LogP contribution >= 0.6 is 0 Å². The van der Waals surface area contributed by atoms with Crippen molar-refractivity contribution in [3.63, 3.8) is 0 Å². The van der Waals surface area contributed by atoms with Gasteiger partial charge in [-0.1, -0.05) is 18.2 Å². The van der Waals surface area contributed by atoms with Crippen molar-refractivity contribution in [1.82, 2.24) is 10.3 Å². The number of ether oxygens (including phenoxy) is 1. The van der Waals surface area contributed by atoms with Gasteiger partial charge < -0.3 is 10.1 Å². The average Bonchev–Trinajstić information content (AvgIpc) is 2.44. The summed E-state index contributed by atoms with van der Waals surface area (Å²) >= 11 is 0. The molecule has 1 heterocycles. The minimum absolute atomic E-state index is 0.183. The van der Waals surface area contributed by atoms with Crippen molar-refractivity contribution in [1.29, 1.82) is 0 Å². The summed E-state index contributed by atoms with van der Waals surface area (Å²) in [5, 5.41) is 3.30. The molecule has 0 aliphatic rings. The van der Waals surface area contributed by atoms with Crippen molar-refractivity contribution in [2.24, 2.45) is 0 Å². The lowest BCUT2D eigenvalue weighted by atomic mass is 10.1. The van der Waals surface area contributed by atoms with E-state index in [1.165, 1.54) is 6.07 Å². The van der Waals surface area contributed by atoms with Crippen LogP contribution in [0, 0.1) is 5.82 Å². The first-order valence-electron chi connectivity index (χ1n) is 6.22. The van der Waals surface area contributed by atoms with Crippen LogP contribution in [-0.2, 0) is 13.0 Å². The smallest absolute Gasteiger partial charge is 0.212 e. The van der Waals surface area contributed by atoms with Crippen LogP contribution in [0.25, 0.3) is 0 Å². The van der Waals surface area contributed by atoms with E-state index in [0.717, 1.165) is 30.6 Å². The molecule has 2 aromatic rings. The SMILES string of the molecule is COc1ccc(CNCCc2cccc(F)c2)cn1. The van der Waals surface area contributed by atoms with E-state index >= 15 is 0 Å². The standard InChI is InChI=1S/C15H17FN2O/c1-19-15-6-5-13(11-18-15)10-17-8-7-12-3-2-4-14(16)9-12/h2-6,9,11,17H,7-8,10H2,1H3. The summed E-state index contributed by atoms with van der Waals surface area (Å²) in [4.78, 5) is 4.13. The quantitative estimate of drug-likeness (QED) is 0.811. The maximum atomic E-state index is 13.0. The van der Waals surface area contributed by atoms with Crippen LogP contribution in [0.5, 0.6) is 5.88 Å². The lowest BCUT2D eigenvalue weighted by Crippen LogP contribution is -2.16. The van der Waals surface area contributed by atoms with Gasteiger partial charge in [0.1, 0.15) is 5.82 Å². The van der Waals surface area contributed by atoms with Crippen LogP contribution in [0.2, 0.25) is 0 Å². The second-order valence-electron chi connectivity index (χ2n) is 4.27. The number of rotatable bonds is 6. The van der Waals surface area contributed by atoms with E-state index in [9.17, 15) is 4.39 Å². The highest BCUT2D eigenvalue weighted by Gasteiger charge is 1.97. The highest BCUT2D eigenvalue weighted by Crippen LogP contribution is 2.06. The van der Waals surface area contributed by atoms with Gasteiger partial charge in [-0.05, 0) is 36.2 Å². The Labute approximate surface area is 112 Å². The Morgan fingerprint density at radius 2 is 2.11 bits per heavy atom. The zero-order valence-electron chi connectivity index (χ0n) is 10.9. The summed E-state index contributed by atoms with van der Waals surface area (Å²) in [5.41, 5.74) is 2.10. The van der Waals surface area contributed by atoms with Gasteiger partial charge in [0.15, 0.2) is 0 Å². The maximum Gasteiger partial charge on any atom is 0.212 e. The number of benzene rings is 1. The fraction of sp³-hybridized carbons (Fsp3) is 0.267. The van der Waals surface area contributed by atoms with Gasteiger partial charge in [-0.2, -0.15) is 0 Å². The molecule has 0 aliphatic heterocycles. The first-order chi connectivity index (χ1) is 9.28. The number of hydrogen-bond acceptors (Lipinski definition) is 3. The Morgan fingerprint density at radius 3 is 2.79 bits per heavy atom. The third-order valence-electron chi connectivity index (χ3n) is 2.82. The van der Waals surface area contributed by atoms with Crippen LogP contribution in [0.3, 0.4) is 0 Å². The summed E-state index contributed by atoms with van der Waals surface area (Å²) in [6.45, 7) is 1.54. The highest BCUT2D eigenvalue weighted by molar-refractivity contribution is 5.18. The molecule has 0 unspecified atom stereocenters. The molecule has 1 aromatic heterocycles. The molecular weight excluding hydrogens is 243 g/mol. The molecule has 0 radical (unpaired) electrons. The first-order valence-corrected chi connectivity index (χ1v) is 6.22. The van der Waals surface area contributed by atoms with Gasteiger partial charge in [0, 0.05) is 18.8 Å². The van der Waals surface area contributed by atoms with E-state index in [4.69, 9.17) is 4.74 Å². The van der Waals surface area contributed by atoms with E-state index < -0.39 is 0 Å². The molecule has 0 spiro atoms. The average molecular weight is 260 g/mol. The monoisotopic (exact) mass is 260 g/mol. The number of methoxy groups -OCH3 is 1. The zero-order chi connectivity index (χ0) is 13.5. The van der Waals surface area contributed by atoms with Gasteiger partial charge in [0.25, 0.3) is 0 Å². The molecule has 0 saturated carbocycles. The third kappa shape index (κ3) is 4.34. The molecule has 0 bridgehead atoms. The Morgan fingerprint density at radius 1 is 1.21 bits per heavy atom. The maximum absolute atomic E-state index is 13.0. The van der Waals surface area contributed by atoms with Crippen molar-refractivity contribution in [2.75, 3.05) is 13.7 Å². The molecule has 2 rings (SSSR count). The molecule has 100 valence electrons. The number of nitrogens with zero attached hydrogens (tertiary/aromatic N) is 1. The number of halogens is 1. The van der Waals surface area contributed by atoms with Gasteiger partial charge in [-0.15, -0.1) is 0 Å². The summed E-state index contributed by atoms with van der Waals surface area (Å²) in [7, 11) is 1.60. The molecule has 1 N–H and O–H groups in total. The lowest BCUT2D eigenvalue weighted by molar-refractivity contribution is 0.397. The Balaban J connectivity index is 1.74. The molecule has 0 amide bonds. The zero-order valence-corrected chi connectivity index (χ0v) is 10.9. The van der Waals surface area contributed by atoms with Gasteiger partial charge >= 0.3 is 0 Å². The van der Waals surface area contributed by atoms with E-state index in [1.807, 2.05) is 18.2 Å². The number of hydrogen-bond donors (Lipinski definition) is 1. The molecule has 1 aromatic carbocycles. The Bertz CT molecular complexity index is 514. The number of pyridine rings is 1. The lowest BCUT2D eigenvalue weighted by Gasteiger charge is -2.06. The fourth-order valence-corrected chi connectivity index (χ4v) is 1.79. The van der Waals surface area contributed by atoms with Crippen LogP contribution in [0.4, 0.5) is 4.39 Å². The summed E-state index contributed by atoms with van der Waals surface area (Å²) < 4.78 is 18.0. The molecule has 19 heavy (non-hydrogen) atoms. The van der Waals surface area contributed by atoms with Crippen molar-refractivity contribution < 1.29 is 9.13 Å². The Kier molecular flexibility index (Phi) is 4.86. The minimum Gasteiger partial charge on any atom is -0.481 e. The fourth-order valence-electron chi connectivity index (χ4n) is 1.79. The van der Waals surface area contributed by atoms with Gasteiger partial charge in [-0.3, -0.25) is 0 Å².